The topological polar surface area (TPSA) is 88.4 Å². The number of urea groups is 1. The average Bonchev–Trinajstić information content (AvgIpc) is 3.11. The van der Waals surface area contributed by atoms with Crippen LogP contribution in [0.5, 0.6) is 5.75 Å². The summed E-state index contributed by atoms with van der Waals surface area (Å²) in [5, 5.41) is 7.47. The number of aromatic nitrogens is 4. The minimum atomic E-state index is -0.116. The molecule has 1 aromatic carbocycles. The summed E-state index contributed by atoms with van der Waals surface area (Å²) in [4.78, 5) is 25.8. The number of carbonyl (C=O) groups is 1. The van der Waals surface area contributed by atoms with Gasteiger partial charge in [-0.1, -0.05) is 6.07 Å². The third kappa shape index (κ3) is 4.60. The number of carbonyl (C=O) groups excluding carboxylic acids is 1. The van der Waals surface area contributed by atoms with Crippen LogP contribution in [0.15, 0.2) is 36.4 Å². The monoisotopic (exact) mass is 421 g/mol. The minimum Gasteiger partial charge on any atom is -0.497 e. The number of amides is 2. The van der Waals surface area contributed by atoms with Gasteiger partial charge in [-0.05, 0) is 39.0 Å². The van der Waals surface area contributed by atoms with Gasteiger partial charge < -0.3 is 19.9 Å². The van der Waals surface area contributed by atoms with E-state index in [1.54, 1.807) is 13.2 Å². The van der Waals surface area contributed by atoms with Gasteiger partial charge in [0.2, 0.25) is 0 Å². The number of ether oxygens (including phenoxy) is 1. The molecule has 0 radical (unpaired) electrons. The molecule has 9 heteroatoms. The predicted molar refractivity (Wildman–Crippen MR) is 119 cm³/mol. The molecule has 1 saturated heterocycles. The van der Waals surface area contributed by atoms with E-state index in [1.807, 2.05) is 60.7 Å². The summed E-state index contributed by atoms with van der Waals surface area (Å²) in [6.45, 7) is 8.46. The van der Waals surface area contributed by atoms with Crippen LogP contribution in [-0.2, 0) is 0 Å². The maximum absolute atomic E-state index is 12.7. The van der Waals surface area contributed by atoms with E-state index in [-0.39, 0.29) is 6.03 Å². The second-order valence-corrected chi connectivity index (χ2v) is 7.61. The van der Waals surface area contributed by atoms with E-state index in [0.29, 0.717) is 43.4 Å². The molecule has 31 heavy (non-hydrogen) atoms. The number of anilines is 2. The number of hydrogen-bond donors (Lipinski definition) is 1. The van der Waals surface area contributed by atoms with Crippen molar-refractivity contribution in [3.05, 3.63) is 53.6 Å². The van der Waals surface area contributed by atoms with E-state index in [0.717, 1.165) is 23.0 Å². The summed E-state index contributed by atoms with van der Waals surface area (Å²) < 4.78 is 7.05. The van der Waals surface area contributed by atoms with E-state index < -0.39 is 0 Å². The van der Waals surface area contributed by atoms with E-state index >= 15 is 0 Å². The van der Waals surface area contributed by atoms with Gasteiger partial charge in [-0.2, -0.15) is 5.10 Å². The highest BCUT2D eigenvalue weighted by Crippen LogP contribution is 2.20. The summed E-state index contributed by atoms with van der Waals surface area (Å²) in [6, 6.07) is 11.2. The number of rotatable bonds is 4. The molecule has 2 amide bonds. The van der Waals surface area contributed by atoms with Gasteiger partial charge in [-0.25, -0.2) is 19.4 Å². The standard InChI is InChI=1S/C22H27N7O2/c1-15-12-16(2)29(26-15)21-14-20(23-17(3)24-21)27-8-10-28(11-9-27)22(30)25-18-6-5-7-19(13-18)31-4/h5-7,12-14H,8-11H2,1-4H3,(H,25,30). The Kier molecular flexibility index (Phi) is 5.75. The van der Waals surface area contributed by atoms with Crippen LogP contribution in [-0.4, -0.2) is 64.0 Å². The van der Waals surface area contributed by atoms with Gasteiger partial charge >= 0.3 is 6.03 Å². The Morgan fingerprint density at radius 1 is 1.00 bits per heavy atom. The second kappa shape index (κ2) is 8.63. The molecule has 2 aromatic heterocycles. The predicted octanol–water partition coefficient (Wildman–Crippen LogP) is 2.95. The Bertz CT molecular complexity index is 1090. The number of hydrogen-bond acceptors (Lipinski definition) is 6. The van der Waals surface area contributed by atoms with Gasteiger partial charge in [-0.3, -0.25) is 0 Å². The Hall–Kier alpha value is -3.62. The molecule has 1 N–H and O–H groups in total. The van der Waals surface area contributed by atoms with Crippen molar-refractivity contribution in [3.63, 3.8) is 0 Å². The lowest BCUT2D eigenvalue weighted by Crippen LogP contribution is -2.50. The quantitative estimate of drug-likeness (QED) is 0.697. The van der Waals surface area contributed by atoms with Crippen molar-refractivity contribution in [3.8, 4) is 11.6 Å². The average molecular weight is 422 g/mol. The van der Waals surface area contributed by atoms with E-state index in [1.165, 1.54) is 0 Å². The third-order valence-corrected chi connectivity index (χ3v) is 5.25. The molecule has 0 spiro atoms. The molecule has 0 aliphatic carbocycles. The number of aryl methyl sites for hydroxylation is 3. The van der Waals surface area contributed by atoms with Gasteiger partial charge in [0.25, 0.3) is 0 Å². The molecule has 0 saturated carbocycles. The summed E-state index contributed by atoms with van der Waals surface area (Å²) in [7, 11) is 1.61. The maximum Gasteiger partial charge on any atom is 0.321 e. The molecule has 1 fully saturated rings. The summed E-state index contributed by atoms with van der Waals surface area (Å²) in [5.41, 5.74) is 2.69. The van der Waals surface area contributed by atoms with Crippen LogP contribution < -0.4 is 15.0 Å². The largest absolute Gasteiger partial charge is 0.497 e. The van der Waals surface area contributed by atoms with E-state index in [9.17, 15) is 4.79 Å². The minimum absolute atomic E-state index is 0.116. The van der Waals surface area contributed by atoms with Crippen molar-refractivity contribution in [2.75, 3.05) is 43.5 Å². The first-order chi connectivity index (χ1) is 14.9. The van der Waals surface area contributed by atoms with Crippen LogP contribution in [0.25, 0.3) is 5.82 Å². The van der Waals surface area contributed by atoms with Gasteiger partial charge in [-0.15, -0.1) is 0 Å². The van der Waals surface area contributed by atoms with Crippen LogP contribution in [0.2, 0.25) is 0 Å². The number of nitrogens with one attached hydrogen (secondary N) is 1. The summed E-state index contributed by atoms with van der Waals surface area (Å²) in [6.07, 6.45) is 0. The first kappa shape index (κ1) is 20.6. The molecule has 4 rings (SSSR count). The lowest BCUT2D eigenvalue weighted by Gasteiger charge is -2.35. The fourth-order valence-electron chi connectivity index (χ4n) is 3.71. The summed E-state index contributed by atoms with van der Waals surface area (Å²) >= 11 is 0. The smallest absolute Gasteiger partial charge is 0.321 e. The highest BCUT2D eigenvalue weighted by Gasteiger charge is 2.23. The zero-order chi connectivity index (χ0) is 22.0. The Balaban J connectivity index is 1.42. The lowest BCUT2D eigenvalue weighted by molar-refractivity contribution is 0.208. The molecule has 0 atom stereocenters. The van der Waals surface area contributed by atoms with Crippen molar-refractivity contribution < 1.29 is 9.53 Å². The molecule has 0 bridgehead atoms. The van der Waals surface area contributed by atoms with Crippen molar-refractivity contribution in [1.82, 2.24) is 24.6 Å². The molecule has 162 valence electrons. The molecular formula is C22H27N7O2. The van der Waals surface area contributed by atoms with E-state index in [4.69, 9.17) is 4.74 Å². The number of nitrogens with zero attached hydrogens (tertiary/aromatic N) is 6. The third-order valence-electron chi connectivity index (χ3n) is 5.25. The normalized spacial score (nSPS) is 13.9. The highest BCUT2D eigenvalue weighted by molar-refractivity contribution is 5.89. The fourth-order valence-corrected chi connectivity index (χ4v) is 3.71. The van der Waals surface area contributed by atoms with Crippen molar-refractivity contribution in [2.45, 2.75) is 20.8 Å². The molecule has 3 heterocycles. The lowest BCUT2D eigenvalue weighted by atomic mass is 10.3. The van der Waals surface area contributed by atoms with E-state index in [2.05, 4.69) is 25.3 Å². The van der Waals surface area contributed by atoms with Crippen molar-refractivity contribution in [1.29, 1.82) is 0 Å². The van der Waals surface area contributed by atoms with Gasteiger partial charge in [0, 0.05) is 49.7 Å². The molecule has 1 aliphatic heterocycles. The van der Waals surface area contributed by atoms with Crippen LogP contribution in [0.1, 0.15) is 17.2 Å². The van der Waals surface area contributed by atoms with Crippen LogP contribution in [0.3, 0.4) is 0 Å². The number of benzene rings is 1. The zero-order valence-electron chi connectivity index (χ0n) is 18.3. The number of piperazine rings is 1. The highest BCUT2D eigenvalue weighted by atomic mass is 16.5. The van der Waals surface area contributed by atoms with Crippen LogP contribution in [0, 0.1) is 20.8 Å². The number of methoxy groups -OCH3 is 1. The van der Waals surface area contributed by atoms with Gasteiger partial charge in [0.1, 0.15) is 17.4 Å². The summed E-state index contributed by atoms with van der Waals surface area (Å²) in [5.74, 6) is 3.01. The first-order valence-electron chi connectivity index (χ1n) is 10.3. The fraction of sp³-hybridized carbons (Fsp3) is 0.364. The Morgan fingerprint density at radius 2 is 1.74 bits per heavy atom. The molecular weight excluding hydrogens is 394 g/mol. The van der Waals surface area contributed by atoms with Gasteiger partial charge in [0.05, 0.1) is 12.8 Å². The molecule has 0 unspecified atom stereocenters. The second-order valence-electron chi connectivity index (χ2n) is 7.61. The SMILES string of the molecule is COc1cccc(NC(=O)N2CCN(c3cc(-n4nc(C)cc4C)nc(C)n3)CC2)c1. The van der Waals surface area contributed by atoms with Crippen LogP contribution in [0.4, 0.5) is 16.3 Å². The van der Waals surface area contributed by atoms with Crippen molar-refractivity contribution in [2.24, 2.45) is 0 Å². The first-order valence-corrected chi connectivity index (χ1v) is 10.3. The zero-order valence-corrected chi connectivity index (χ0v) is 18.3. The van der Waals surface area contributed by atoms with Crippen molar-refractivity contribution >= 4 is 17.5 Å². The van der Waals surface area contributed by atoms with Crippen LogP contribution >= 0.6 is 0 Å². The Labute approximate surface area is 181 Å². The Morgan fingerprint density at radius 3 is 2.42 bits per heavy atom. The molecule has 1 aliphatic rings. The molecule has 9 nitrogen and oxygen atoms in total. The van der Waals surface area contributed by atoms with Gasteiger partial charge in [0.15, 0.2) is 5.82 Å². The maximum atomic E-state index is 12.7. The molecule has 3 aromatic rings.